The highest BCUT2D eigenvalue weighted by Crippen LogP contribution is 2.35. The summed E-state index contributed by atoms with van der Waals surface area (Å²) < 4.78 is 1.19. The molecule has 0 bridgehead atoms. The molecule has 0 aromatic heterocycles. The third kappa shape index (κ3) is 3.95. The lowest BCUT2D eigenvalue weighted by molar-refractivity contribution is 0.215. The molecule has 0 saturated heterocycles. The number of benzene rings is 1. The third-order valence-electron chi connectivity index (χ3n) is 3.35. The maximum atomic E-state index is 5.85. The molecule has 0 amide bonds. The van der Waals surface area contributed by atoms with Crippen molar-refractivity contribution in [3.8, 4) is 0 Å². The van der Waals surface area contributed by atoms with Crippen molar-refractivity contribution in [3.05, 3.63) is 34.3 Å². The Kier molecular flexibility index (Phi) is 5.93. The van der Waals surface area contributed by atoms with Gasteiger partial charge in [-0.1, -0.05) is 34.1 Å². The van der Waals surface area contributed by atoms with E-state index in [1.54, 1.807) is 0 Å². The van der Waals surface area contributed by atoms with Gasteiger partial charge in [0.2, 0.25) is 0 Å². The average molecular weight is 320 g/mol. The van der Waals surface area contributed by atoms with Crippen LogP contribution in [0.1, 0.15) is 18.4 Å². The van der Waals surface area contributed by atoms with Gasteiger partial charge in [-0.05, 0) is 37.4 Å². The maximum absolute atomic E-state index is 5.85. The fraction of sp³-hybridized carbons (Fsp3) is 0.538. The molecule has 4 heteroatoms. The second kappa shape index (κ2) is 6.74. The van der Waals surface area contributed by atoms with Gasteiger partial charge in [-0.3, -0.25) is 4.90 Å². The molecule has 2 nitrogen and oxygen atoms in total. The van der Waals surface area contributed by atoms with Crippen molar-refractivity contribution in [1.29, 1.82) is 0 Å². The Bertz CT molecular complexity index is 355. The highest BCUT2D eigenvalue weighted by Gasteiger charge is 2.32. The Morgan fingerprint density at radius 3 is 2.59 bits per heavy atom. The van der Waals surface area contributed by atoms with Gasteiger partial charge in [0, 0.05) is 23.6 Å². The first-order valence-corrected chi connectivity index (χ1v) is 6.65. The molecule has 2 N–H and O–H groups in total. The first-order chi connectivity index (χ1) is 7.72. The van der Waals surface area contributed by atoms with E-state index >= 15 is 0 Å². The molecular weight excluding hydrogens is 300 g/mol. The largest absolute Gasteiger partial charge is 0.329 e. The highest BCUT2D eigenvalue weighted by atomic mass is 79.9. The molecule has 1 aromatic carbocycles. The summed E-state index contributed by atoms with van der Waals surface area (Å²) in [6.45, 7) is 1.74. The van der Waals surface area contributed by atoms with Crippen molar-refractivity contribution in [2.75, 3.05) is 13.6 Å². The summed E-state index contributed by atoms with van der Waals surface area (Å²) in [6, 6.07) is 8.95. The van der Waals surface area contributed by atoms with Gasteiger partial charge in [0.15, 0.2) is 0 Å². The van der Waals surface area contributed by atoms with Gasteiger partial charge in [-0.15, -0.1) is 12.4 Å². The van der Waals surface area contributed by atoms with Crippen LogP contribution in [0.3, 0.4) is 0 Å². The molecule has 0 spiro atoms. The van der Waals surface area contributed by atoms with Crippen LogP contribution in [0.2, 0.25) is 0 Å². The van der Waals surface area contributed by atoms with Crippen LogP contribution in [0.15, 0.2) is 28.7 Å². The van der Waals surface area contributed by atoms with Gasteiger partial charge in [-0.25, -0.2) is 0 Å². The zero-order valence-electron chi connectivity index (χ0n) is 10.1. The van der Waals surface area contributed by atoms with Crippen molar-refractivity contribution in [3.63, 3.8) is 0 Å². The Hall–Kier alpha value is -0.0900. The zero-order chi connectivity index (χ0) is 11.5. The molecule has 1 unspecified atom stereocenters. The minimum Gasteiger partial charge on any atom is -0.329 e. The number of hydrogen-bond acceptors (Lipinski definition) is 2. The normalized spacial score (nSPS) is 16.7. The summed E-state index contributed by atoms with van der Waals surface area (Å²) in [4.78, 5) is 2.39. The van der Waals surface area contributed by atoms with Crippen LogP contribution in [-0.2, 0) is 6.54 Å². The first kappa shape index (κ1) is 15.0. The number of nitrogens with zero attached hydrogens (tertiary/aromatic N) is 1. The summed E-state index contributed by atoms with van der Waals surface area (Å²) in [6.07, 6.45) is 2.70. The fourth-order valence-corrected chi connectivity index (χ4v) is 2.64. The van der Waals surface area contributed by atoms with Gasteiger partial charge in [0.25, 0.3) is 0 Å². The predicted molar refractivity (Wildman–Crippen MR) is 78.4 cm³/mol. The quantitative estimate of drug-likeness (QED) is 0.904. The van der Waals surface area contributed by atoms with Gasteiger partial charge in [0.1, 0.15) is 0 Å². The van der Waals surface area contributed by atoms with Crippen LogP contribution in [-0.4, -0.2) is 24.5 Å². The van der Waals surface area contributed by atoms with Gasteiger partial charge >= 0.3 is 0 Å². The van der Waals surface area contributed by atoms with Crippen LogP contribution >= 0.6 is 28.3 Å². The van der Waals surface area contributed by atoms with E-state index in [2.05, 4.69) is 52.1 Å². The van der Waals surface area contributed by atoms with E-state index in [-0.39, 0.29) is 12.4 Å². The average Bonchev–Trinajstić information content (AvgIpc) is 3.07. The third-order valence-corrected chi connectivity index (χ3v) is 4.13. The second-order valence-corrected chi connectivity index (χ2v) is 5.50. The predicted octanol–water partition coefficient (Wildman–Crippen LogP) is 3.04. The molecule has 1 fully saturated rings. The van der Waals surface area contributed by atoms with Crippen molar-refractivity contribution in [2.45, 2.75) is 25.4 Å². The Balaban J connectivity index is 0.00000144. The number of likely N-dealkylation sites (N-methyl/N-ethyl adjacent to an activating group) is 1. The zero-order valence-corrected chi connectivity index (χ0v) is 12.5. The molecule has 1 aliphatic rings. The lowest BCUT2D eigenvalue weighted by atomic mass is 10.1. The number of halogens is 2. The molecule has 0 heterocycles. The van der Waals surface area contributed by atoms with Gasteiger partial charge < -0.3 is 5.73 Å². The monoisotopic (exact) mass is 318 g/mol. The molecule has 17 heavy (non-hydrogen) atoms. The summed E-state index contributed by atoms with van der Waals surface area (Å²) >= 11 is 3.59. The topological polar surface area (TPSA) is 29.3 Å². The van der Waals surface area contributed by atoms with E-state index in [0.29, 0.717) is 6.04 Å². The van der Waals surface area contributed by atoms with E-state index in [1.165, 1.54) is 22.9 Å². The lowest BCUT2D eigenvalue weighted by Gasteiger charge is -2.27. The molecule has 1 aromatic rings. The molecule has 96 valence electrons. The summed E-state index contributed by atoms with van der Waals surface area (Å²) in [7, 11) is 2.18. The minimum atomic E-state index is 0. The van der Waals surface area contributed by atoms with Crippen LogP contribution in [0.5, 0.6) is 0 Å². The van der Waals surface area contributed by atoms with Crippen molar-refractivity contribution >= 4 is 28.3 Å². The van der Waals surface area contributed by atoms with Gasteiger partial charge in [-0.2, -0.15) is 0 Å². The van der Waals surface area contributed by atoms with Crippen LogP contribution in [0.25, 0.3) is 0 Å². The molecular formula is C13H20BrClN2. The maximum Gasteiger partial charge on any atom is 0.0247 e. The smallest absolute Gasteiger partial charge is 0.0247 e. The van der Waals surface area contributed by atoms with E-state index < -0.39 is 0 Å². The van der Waals surface area contributed by atoms with E-state index in [1.807, 2.05) is 0 Å². The number of rotatable bonds is 5. The Labute approximate surface area is 118 Å². The fourth-order valence-electron chi connectivity index (χ4n) is 2.23. The summed E-state index contributed by atoms with van der Waals surface area (Å²) in [5.74, 6) is 0.831. The molecule has 0 aliphatic heterocycles. The minimum absolute atomic E-state index is 0. The van der Waals surface area contributed by atoms with Crippen molar-refractivity contribution in [1.82, 2.24) is 4.90 Å². The highest BCUT2D eigenvalue weighted by molar-refractivity contribution is 9.10. The molecule has 2 rings (SSSR count). The molecule has 1 aliphatic carbocycles. The van der Waals surface area contributed by atoms with Crippen molar-refractivity contribution < 1.29 is 0 Å². The van der Waals surface area contributed by atoms with Crippen LogP contribution in [0.4, 0.5) is 0 Å². The van der Waals surface area contributed by atoms with E-state index in [9.17, 15) is 0 Å². The molecule has 0 radical (unpaired) electrons. The number of nitrogens with two attached hydrogens (primary N) is 1. The van der Waals surface area contributed by atoms with Crippen LogP contribution < -0.4 is 5.73 Å². The standard InChI is InChI=1S/C13H19BrN2.ClH/c1-16(13(8-15)10-6-7-10)9-11-4-2-3-5-12(11)14;/h2-5,10,13H,6-9,15H2,1H3;1H. The van der Waals surface area contributed by atoms with Crippen LogP contribution in [0, 0.1) is 5.92 Å². The lowest BCUT2D eigenvalue weighted by Crippen LogP contribution is -2.39. The summed E-state index contributed by atoms with van der Waals surface area (Å²) in [5, 5.41) is 0. The number of hydrogen-bond donors (Lipinski definition) is 1. The summed E-state index contributed by atoms with van der Waals surface area (Å²) in [5.41, 5.74) is 7.19. The molecule has 1 atom stereocenters. The molecule has 1 saturated carbocycles. The second-order valence-electron chi connectivity index (χ2n) is 4.65. The van der Waals surface area contributed by atoms with Gasteiger partial charge in [0.05, 0.1) is 0 Å². The SMILES string of the molecule is CN(Cc1ccccc1Br)C(CN)C1CC1.Cl. The van der Waals surface area contributed by atoms with E-state index in [4.69, 9.17) is 5.73 Å². The first-order valence-electron chi connectivity index (χ1n) is 5.86. The Morgan fingerprint density at radius 2 is 2.06 bits per heavy atom. The van der Waals surface area contributed by atoms with Crippen molar-refractivity contribution in [2.24, 2.45) is 11.7 Å². The van der Waals surface area contributed by atoms with E-state index in [0.717, 1.165) is 19.0 Å². The Morgan fingerprint density at radius 1 is 1.41 bits per heavy atom.